The van der Waals surface area contributed by atoms with Crippen LogP contribution in [0.1, 0.15) is 10.4 Å². The highest BCUT2D eigenvalue weighted by molar-refractivity contribution is 9.10. The van der Waals surface area contributed by atoms with Crippen molar-refractivity contribution in [3.8, 4) is 11.5 Å². The Morgan fingerprint density at radius 2 is 1.67 bits per heavy atom. The van der Waals surface area contributed by atoms with Gasteiger partial charge in [-0.25, -0.2) is 4.39 Å². The van der Waals surface area contributed by atoms with Crippen LogP contribution in [-0.4, -0.2) is 20.1 Å². The average molecular weight is 354 g/mol. The molecule has 0 aliphatic rings. The third-order valence-corrected chi connectivity index (χ3v) is 3.19. The Kier molecular flexibility index (Phi) is 4.80. The van der Waals surface area contributed by atoms with Crippen LogP contribution in [0.5, 0.6) is 11.5 Å². The molecule has 0 atom stereocenters. The molecule has 0 spiro atoms. The topological polar surface area (TPSA) is 47.6 Å². The number of benzene rings is 2. The summed E-state index contributed by atoms with van der Waals surface area (Å²) in [5.74, 6) is 0.179. The average Bonchev–Trinajstić information content (AvgIpc) is 2.45. The molecule has 4 nitrogen and oxygen atoms in total. The molecule has 1 amide bonds. The number of nitrogens with one attached hydrogen (secondary N) is 1. The summed E-state index contributed by atoms with van der Waals surface area (Å²) in [6.07, 6.45) is 0. The molecule has 0 unspecified atom stereocenters. The zero-order valence-electron chi connectivity index (χ0n) is 11.4. The molecule has 2 aromatic rings. The van der Waals surface area contributed by atoms with Crippen LogP contribution in [0.2, 0.25) is 0 Å². The number of hydrogen-bond acceptors (Lipinski definition) is 3. The molecule has 0 aliphatic heterocycles. The Morgan fingerprint density at radius 1 is 1.05 bits per heavy atom. The van der Waals surface area contributed by atoms with Gasteiger partial charge in [-0.15, -0.1) is 0 Å². The minimum Gasteiger partial charge on any atom is -0.497 e. The van der Waals surface area contributed by atoms with E-state index >= 15 is 0 Å². The molecule has 0 bridgehead atoms. The second kappa shape index (κ2) is 6.58. The molecule has 2 aromatic carbocycles. The van der Waals surface area contributed by atoms with Gasteiger partial charge in [0.1, 0.15) is 17.3 Å². The van der Waals surface area contributed by atoms with E-state index in [0.717, 1.165) is 6.07 Å². The number of anilines is 1. The fourth-order valence-corrected chi connectivity index (χ4v) is 2.23. The molecule has 0 radical (unpaired) electrons. The first-order valence-electron chi connectivity index (χ1n) is 6.02. The minimum atomic E-state index is -0.488. The zero-order chi connectivity index (χ0) is 15.4. The smallest absolute Gasteiger partial charge is 0.255 e. The van der Waals surface area contributed by atoms with Gasteiger partial charge in [0.15, 0.2) is 0 Å². The molecule has 21 heavy (non-hydrogen) atoms. The van der Waals surface area contributed by atoms with Crippen LogP contribution in [0, 0.1) is 5.82 Å². The lowest BCUT2D eigenvalue weighted by Crippen LogP contribution is -2.12. The van der Waals surface area contributed by atoms with Crippen molar-refractivity contribution in [2.75, 3.05) is 19.5 Å². The van der Waals surface area contributed by atoms with Gasteiger partial charge in [0, 0.05) is 33.9 Å². The third-order valence-electron chi connectivity index (χ3n) is 2.73. The van der Waals surface area contributed by atoms with Crippen molar-refractivity contribution >= 4 is 27.5 Å². The Balaban J connectivity index is 2.26. The molecule has 110 valence electrons. The van der Waals surface area contributed by atoms with Gasteiger partial charge in [0.25, 0.3) is 5.91 Å². The fraction of sp³-hybridized carbons (Fsp3) is 0.133. The van der Waals surface area contributed by atoms with Crippen molar-refractivity contribution in [2.24, 2.45) is 0 Å². The number of ether oxygens (including phenoxy) is 2. The Morgan fingerprint density at radius 3 is 2.19 bits per heavy atom. The summed E-state index contributed by atoms with van der Waals surface area (Å²) in [6, 6.07) is 8.97. The summed E-state index contributed by atoms with van der Waals surface area (Å²) in [6.45, 7) is 0. The van der Waals surface area contributed by atoms with E-state index in [1.807, 2.05) is 0 Å². The highest BCUT2D eigenvalue weighted by Gasteiger charge is 2.10. The Labute approximate surface area is 130 Å². The predicted molar refractivity (Wildman–Crippen MR) is 81.6 cm³/mol. The summed E-state index contributed by atoms with van der Waals surface area (Å²) < 4.78 is 24.1. The van der Waals surface area contributed by atoms with Gasteiger partial charge in [-0.1, -0.05) is 15.9 Å². The van der Waals surface area contributed by atoms with E-state index in [-0.39, 0.29) is 5.56 Å². The van der Waals surface area contributed by atoms with E-state index in [9.17, 15) is 9.18 Å². The summed E-state index contributed by atoms with van der Waals surface area (Å²) in [4.78, 5) is 12.1. The lowest BCUT2D eigenvalue weighted by Gasteiger charge is -2.10. The van der Waals surface area contributed by atoms with Crippen molar-refractivity contribution in [2.45, 2.75) is 0 Å². The van der Waals surface area contributed by atoms with Gasteiger partial charge in [-0.05, 0) is 18.2 Å². The number of amides is 1. The van der Waals surface area contributed by atoms with Crippen LogP contribution in [0.4, 0.5) is 10.1 Å². The van der Waals surface area contributed by atoms with E-state index in [4.69, 9.17) is 9.47 Å². The lowest BCUT2D eigenvalue weighted by atomic mass is 10.2. The maximum absolute atomic E-state index is 13.3. The van der Waals surface area contributed by atoms with Crippen LogP contribution >= 0.6 is 15.9 Å². The van der Waals surface area contributed by atoms with Crippen LogP contribution < -0.4 is 14.8 Å². The number of halogens is 2. The summed E-state index contributed by atoms with van der Waals surface area (Å²) in [5, 5.41) is 2.68. The van der Waals surface area contributed by atoms with Crippen LogP contribution in [0.25, 0.3) is 0 Å². The first-order chi connectivity index (χ1) is 10.0. The van der Waals surface area contributed by atoms with E-state index < -0.39 is 11.7 Å². The van der Waals surface area contributed by atoms with Crippen molar-refractivity contribution in [3.05, 3.63) is 52.3 Å². The Hall–Kier alpha value is -2.08. The lowest BCUT2D eigenvalue weighted by molar-refractivity contribution is 0.102. The highest BCUT2D eigenvalue weighted by atomic mass is 79.9. The molecule has 0 fully saturated rings. The molecular formula is C15H13BrFNO3. The number of rotatable bonds is 4. The second-order valence-electron chi connectivity index (χ2n) is 4.21. The van der Waals surface area contributed by atoms with Crippen LogP contribution in [0.3, 0.4) is 0 Å². The van der Waals surface area contributed by atoms with Crippen molar-refractivity contribution in [1.82, 2.24) is 0 Å². The zero-order valence-corrected chi connectivity index (χ0v) is 13.0. The molecule has 0 aliphatic carbocycles. The van der Waals surface area contributed by atoms with Crippen molar-refractivity contribution < 1.29 is 18.7 Å². The summed E-state index contributed by atoms with van der Waals surface area (Å²) in [5.41, 5.74) is 0.709. The molecule has 0 saturated heterocycles. The SMILES string of the molecule is COc1cc(NC(=O)c2cc(F)cc(Br)c2)cc(OC)c1. The van der Waals surface area contributed by atoms with E-state index in [1.54, 1.807) is 18.2 Å². The molecule has 1 N–H and O–H groups in total. The number of hydrogen-bond donors (Lipinski definition) is 1. The van der Waals surface area contributed by atoms with Crippen LogP contribution in [-0.2, 0) is 0 Å². The molecule has 2 rings (SSSR count). The predicted octanol–water partition coefficient (Wildman–Crippen LogP) is 3.86. The van der Waals surface area contributed by atoms with Gasteiger partial charge in [-0.2, -0.15) is 0 Å². The first kappa shape index (κ1) is 15.3. The van der Waals surface area contributed by atoms with E-state index in [2.05, 4.69) is 21.2 Å². The summed E-state index contributed by atoms with van der Waals surface area (Å²) in [7, 11) is 3.04. The van der Waals surface area contributed by atoms with Gasteiger partial charge in [0.05, 0.1) is 14.2 Å². The minimum absolute atomic E-state index is 0.212. The molecule has 0 heterocycles. The van der Waals surface area contributed by atoms with E-state index in [1.165, 1.54) is 26.4 Å². The van der Waals surface area contributed by atoms with Gasteiger partial charge < -0.3 is 14.8 Å². The first-order valence-corrected chi connectivity index (χ1v) is 6.81. The van der Waals surface area contributed by atoms with Gasteiger partial charge >= 0.3 is 0 Å². The normalized spacial score (nSPS) is 10.1. The van der Waals surface area contributed by atoms with Gasteiger partial charge in [0.2, 0.25) is 0 Å². The molecule has 0 aromatic heterocycles. The number of methoxy groups -OCH3 is 2. The summed E-state index contributed by atoms with van der Waals surface area (Å²) >= 11 is 3.15. The third kappa shape index (κ3) is 3.95. The van der Waals surface area contributed by atoms with Crippen molar-refractivity contribution in [1.29, 1.82) is 0 Å². The maximum Gasteiger partial charge on any atom is 0.255 e. The Bertz CT molecular complexity index is 633. The maximum atomic E-state index is 13.3. The highest BCUT2D eigenvalue weighted by Crippen LogP contribution is 2.26. The van der Waals surface area contributed by atoms with Crippen molar-refractivity contribution in [3.63, 3.8) is 0 Å². The molecule has 0 saturated carbocycles. The van der Waals surface area contributed by atoms with Gasteiger partial charge in [-0.3, -0.25) is 4.79 Å². The van der Waals surface area contributed by atoms with Crippen LogP contribution in [0.15, 0.2) is 40.9 Å². The van der Waals surface area contributed by atoms with E-state index in [0.29, 0.717) is 21.7 Å². The number of carbonyl (C=O) groups is 1. The fourth-order valence-electron chi connectivity index (χ4n) is 1.77. The molecule has 6 heteroatoms. The molecular weight excluding hydrogens is 341 g/mol. The standard InChI is InChI=1S/C15H13BrFNO3/c1-20-13-6-12(7-14(8-13)21-2)18-15(19)9-3-10(16)5-11(17)4-9/h3-8H,1-2H3,(H,18,19). The second-order valence-corrected chi connectivity index (χ2v) is 5.13. The number of carbonyl (C=O) groups excluding carboxylic acids is 1. The quantitative estimate of drug-likeness (QED) is 0.907. The largest absolute Gasteiger partial charge is 0.497 e. The monoisotopic (exact) mass is 353 g/mol.